The first kappa shape index (κ1) is 25.7. The average Bonchev–Trinajstić information content (AvgIpc) is 3.21. The number of anilines is 1. The van der Waals surface area contributed by atoms with Gasteiger partial charge in [0.25, 0.3) is 5.91 Å². The van der Waals surface area contributed by atoms with E-state index in [-0.39, 0.29) is 24.9 Å². The molecule has 0 bridgehead atoms. The van der Waals surface area contributed by atoms with Gasteiger partial charge in [0.2, 0.25) is 0 Å². The summed E-state index contributed by atoms with van der Waals surface area (Å²) < 4.78 is 17.4. The molecular weight excluding hydrogens is 450 g/mol. The van der Waals surface area contributed by atoms with Gasteiger partial charge in [-0.3, -0.25) is 9.69 Å². The fraction of sp³-hybridized carbons (Fsp3) is 0.391. The van der Waals surface area contributed by atoms with Crippen molar-refractivity contribution in [3.63, 3.8) is 0 Å². The number of hydrogen-bond donors (Lipinski definition) is 0. The zero-order valence-corrected chi connectivity index (χ0v) is 20.7. The van der Waals surface area contributed by atoms with Gasteiger partial charge >= 0.3 is 0 Å². The first-order valence-corrected chi connectivity index (χ1v) is 10.9. The van der Waals surface area contributed by atoms with Gasteiger partial charge in [-0.25, -0.2) is 4.98 Å². The highest BCUT2D eigenvalue weighted by Gasteiger charge is 2.22. The minimum absolute atomic E-state index is 0. The van der Waals surface area contributed by atoms with Crippen LogP contribution in [-0.2, 0) is 4.79 Å². The molecule has 7 nitrogen and oxygen atoms in total. The van der Waals surface area contributed by atoms with Crippen LogP contribution in [0.4, 0.5) is 5.13 Å². The number of aryl methyl sites for hydroxylation is 1. The van der Waals surface area contributed by atoms with Gasteiger partial charge in [-0.1, -0.05) is 17.4 Å². The maximum atomic E-state index is 13.1. The fourth-order valence-electron chi connectivity index (χ4n) is 3.15. The number of aromatic nitrogens is 1. The number of carbonyl (C=O) groups excluding carboxylic acids is 1. The Balaban J connectivity index is 0.00000363. The maximum Gasteiger partial charge on any atom is 0.266 e. The van der Waals surface area contributed by atoms with Crippen LogP contribution in [0, 0.1) is 6.92 Å². The Morgan fingerprint density at radius 1 is 1.00 bits per heavy atom. The third kappa shape index (κ3) is 6.25. The van der Waals surface area contributed by atoms with E-state index in [0.717, 1.165) is 34.5 Å². The van der Waals surface area contributed by atoms with Crippen molar-refractivity contribution in [2.75, 3.05) is 52.9 Å². The van der Waals surface area contributed by atoms with Crippen LogP contribution < -0.4 is 19.1 Å². The summed E-state index contributed by atoms with van der Waals surface area (Å²) in [5, 5.41) is 0.657. The molecule has 3 rings (SSSR count). The van der Waals surface area contributed by atoms with Crippen molar-refractivity contribution in [1.82, 2.24) is 9.88 Å². The van der Waals surface area contributed by atoms with Crippen molar-refractivity contribution in [3.8, 4) is 17.2 Å². The Kier molecular flexibility index (Phi) is 9.56. The number of rotatable bonds is 10. The normalized spacial score (nSPS) is 10.7. The van der Waals surface area contributed by atoms with E-state index in [1.165, 1.54) is 11.3 Å². The lowest BCUT2D eigenvalue weighted by Gasteiger charge is -2.21. The molecule has 0 fully saturated rings. The Morgan fingerprint density at radius 3 is 2.31 bits per heavy atom. The lowest BCUT2D eigenvalue weighted by atomic mass is 10.2. The highest BCUT2D eigenvalue weighted by Crippen LogP contribution is 2.36. The van der Waals surface area contributed by atoms with Gasteiger partial charge in [0.05, 0.1) is 18.9 Å². The number of methoxy groups -OCH3 is 2. The predicted octanol–water partition coefficient (Wildman–Crippen LogP) is 4.41. The first-order valence-electron chi connectivity index (χ1n) is 10.1. The summed E-state index contributed by atoms with van der Waals surface area (Å²) in [6, 6.07) is 11.1. The van der Waals surface area contributed by atoms with E-state index in [1.807, 2.05) is 33.2 Å². The van der Waals surface area contributed by atoms with E-state index in [1.54, 1.807) is 43.4 Å². The average molecular weight is 480 g/mol. The fourth-order valence-corrected chi connectivity index (χ4v) is 4.24. The van der Waals surface area contributed by atoms with E-state index >= 15 is 0 Å². The molecule has 0 unspecified atom stereocenters. The third-order valence-corrected chi connectivity index (χ3v) is 6.07. The molecule has 0 spiro atoms. The van der Waals surface area contributed by atoms with Gasteiger partial charge in [-0.2, -0.15) is 0 Å². The zero-order chi connectivity index (χ0) is 22.4. The minimum atomic E-state index is -0.134. The molecule has 0 N–H and O–H groups in total. The van der Waals surface area contributed by atoms with Crippen molar-refractivity contribution >= 4 is 45.0 Å². The molecule has 9 heteroatoms. The van der Waals surface area contributed by atoms with Gasteiger partial charge in [0.15, 0.2) is 11.7 Å². The summed E-state index contributed by atoms with van der Waals surface area (Å²) in [6.45, 7) is 3.40. The molecule has 32 heavy (non-hydrogen) atoms. The van der Waals surface area contributed by atoms with E-state index in [9.17, 15) is 4.79 Å². The summed E-state index contributed by atoms with van der Waals surface area (Å²) in [7, 11) is 7.28. The number of nitrogens with zero attached hydrogens (tertiary/aromatic N) is 3. The molecule has 0 atom stereocenters. The molecular formula is C23H30ClN3O4S. The summed E-state index contributed by atoms with van der Waals surface area (Å²) in [6.07, 6.45) is 0.827. The van der Waals surface area contributed by atoms with Gasteiger partial charge in [0, 0.05) is 6.54 Å². The lowest BCUT2D eigenvalue weighted by molar-refractivity contribution is -0.120. The second-order valence-corrected chi connectivity index (χ2v) is 8.40. The lowest BCUT2D eigenvalue weighted by Crippen LogP contribution is -2.36. The van der Waals surface area contributed by atoms with Gasteiger partial charge in [-0.05, 0) is 69.9 Å². The van der Waals surface area contributed by atoms with Crippen LogP contribution >= 0.6 is 23.7 Å². The van der Waals surface area contributed by atoms with E-state index in [4.69, 9.17) is 19.2 Å². The van der Waals surface area contributed by atoms with Crippen LogP contribution in [-0.4, -0.2) is 63.8 Å². The molecule has 0 radical (unpaired) electrons. The van der Waals surface area contributed by atoms with Crippen LogP contribution in [0.2, 0.25) is 0 Å². The molecule has 0 saturated carbocycles. The zero-order valence-electron chi connectivity index (χ0n) is 19.1. The number of benzene rings is 2. The van der Waals surface area contributed by atoms with Gasteiger partial charge < -0.3 is 19.1 Å². The number of carbonyl (C=O) groups is 1. The topological polar surface area (TPSA) is 64.1 Å². The predicted molar refractivity (Wildman–Crippen MR) is 132 cm³/mol. The Morgan fingerprint density at radius 2 is 1.69 bits per heavy atom. The van der Waals surface area contributed by atoms with Crippen molar-refractivity contribution in [3.05, 3.63) is 42.0 Å². The quantitative estimate of drug-likeness (QED) is 0.429. The van der Waals surface area contributed by atoms with Crippen molar-refractivity contribution in [1.29, 1.82) is 0 Å². The summed E-state index contributed by atoms with van der Waals surface area (Å²) in [5.74, 6) is 1.93. The van der Waals surface area contributed by atoms with Gasteiger partial charge in [0.1, 0.15) is 22.8 Å². The number of hydrogen-bond acceptors (Lipinski definition) is 7. The number of thiazole rings is 1. The highest BCUT2D eigenvalue weighted by molar-refractivity contribution is 7.22. The molecule has 0 aliphatic rings. The Hall–Kier alpha value is -2.55. The number of ether oxygens (including phenoxy) is 3. The van der Waals surface area contributed by atoms with Crippen molar-refractivity contribution in [2.24, 2.45) is 0 Å². The van der Waals surface area contributed by atoms with Crippen LogP contribution in [0.5, 0.6) is 17.2 Å². The summed E-state index contributed by atoms with van der Waals surface area (Å²) in [5.41, 5.74) is 1.89. The van der Waals surface area contributed by atoms with E-state index in [0.29, 0.717) is 23.2 Å². The third-order valence-electron chi connectivity index (χ3n) is 4.85. The highest BCUT2D eigenvalue weighted by atomic mass is 35.5. The standard InChI is InChI=1S/C23H29N3O4S.ClH/c1-16-7-12-19(29-5)21-22(16)31-23(24-21)26(14-6-13-25(2)3)20(27)15-30-18-10-8-17(28-4)9-11-18;/h7-12H,6,13-15H2,1-5H3;1H. The largest absolute Gasteiger partial charge is 0.497 e. The number of fused-ring (bicyclic) bond motifs is 1. The molecule has 174 valence electrons. The summed E-state index contributed by atoms with van der Waals surface area (Å²) in [4.78, 5) is 21.7. The Bertz CT molecular complexity index is 1020. The molecule has 0 aliphatic carbocycles. The second kappa shape index (κ2) is 11.9. The Labute approximate surface area is 199 Å². The molecule has 1 aromatic heterocycles. The molecule has 0 saturated heterocycles. The molecule has 3 aromatic rings. The molecule has 2 aromatic carbocycles. The van der Waals surface area contributed by atoms with E-state index < -0.39 is 0 Å². The maximum absolute atomic E-state index is 13.1. The smallest absolute Gasteiger partial charge is 0.266 e. The SMILES string of the molecule is COc1ccc(OCC(=O)N(CCCN(C)C)c2nc3c(OC)ccc(C)c3s2)cc1.Cl. The summed E-state index contributed by atoms with van der Waals surface area (Å²) >= 11 is 1.50. The van der Waals surface area contributed by atoms with Crippen molar-refractivity contribution in [2.45, 2.75) is 13.3 Å². The number of amides is 1. The van der Waals surface area contributed by atoms with E-state index in [2.05, 4.69) is 4.90 Å². The van der Waals surface area contributed by atoms with Crippen LogP contribution in [0.15, 0.2) is 36.4 Å². The van der Waals surface area contributed by atoms with Crippen LogP contribution in [0.25, 0.3) is 10.2 Å². The van der Waals surface area contributed by atoms with Gasteiger partial charge in [-0.15, -0.1) is 12.4 Å². The van der Waals surface area contributed by atoms with Crippen LogP contribution in [0.1, 0.15) is 12.0 Å². The minimum Gasteiger partial charge on any atom is -0.497 e. The first-order chi connectivity index (χ1) is 14.9. The molecule has 1 amide bonds. The molecule has 1 heterocycles. The molecule has 0 aliphatic heterocycles. The second-order valence-electron chi connectivity index (χ2n) is 7.43. The van der Waals surface area contributed by atoms with Crippen molar-refractivity contribution < 1.29 is 19.0 Å². The van der Waals surface area contributed by atoms with Crippen LogP contribution in [0.3, 0.4) is 0 Å². The number of halogens is 1. The monoisotopic (exact) mass is 479 g/mol.